The second-order valence-electron chi connectivity index (χ2n) is 4.83. The highest BCUT2D eigenvalue weighted by molar-refractivity contribution is 5.93. The molecule has 1 aliphatic carbocycles. The zero-order valence-corrected chi connectivity index (χ0v) is 10.5. The topological polar surface area (TPSA) is 98.3 Å². The van der Waals surface area contributed by atoms with Crippen molar-refractivity contribution in [3.63, 3.8) is 0 Å². The number of nitrogens with two attached hydrogens (primary N) is 1. The van der Waals surface area contributed by atoms with Gasteiger partial charge in [-0.05, 0) is 31.4 Å². The lowest BCUT2D eigenvalue weighted by Crippen LogP contribution is -2.29. The molecule has 0 bridgehead atoms. The van der Waals surface area contributed by atoms with Crippen LogP contribution in [0.5, 0.6) is 0 Å². The molecule has 1 aliphatic rings. The van der Waals surface area contributed by atoms with Gasteiger partial charge in [0.15, 0.2) is 0 Å². The van der Waals surface area contributed by atoms with E-state index in [1.807, 2.05) is 0 Å². The number of anilines is 1. The number of amides is 1. The average molecular weight is 263 g/mol. The Hall–Kier alpha value is -1.95. The van der Waals surface area contributed by atoms with Gasteiger partial charge in [-0.3, -0.25) is 14.9 Å². The van der Waals surface area contributed by atoms with Gasteiger partial charge in [0.05, 0.1) is 4.92 Å². The number of rotatable bonds is 4. The maximum Gasteiger partial charge on any atom is 0.271 e. The molecule has 1 fully saturated rings. The summed E-state index contributed by atoms with van der Waals surface area (Å²) in [5.74, 6) is 0.0522. The molecule has 6 heteroatoms. The second-order valence-corrected chi connectivity index (χ2v) is 4.83. The first-order valence-electron chi connectivity index (χ1n) is 6.37. The fraction of sp³-hybridized carbons (Fsp3) is 0.462. The average Bonchev–Trinajstić information content (AvgIpc) is 2.87. The second kappa shape index (κ2) is 5.79. The van der Waals surface area contributed by atoms with Gasteiger partial charge in [-0.1, -0.05) is 12.5 Å². The Balaban J connectivity index is 2.06. The van der Waals surface area contributed by atoms with Crippen molar-refractivity contribution in [2.75, 3.05) is 11.9 Å². The fourth-order valence-electron chi connectivity index (χ4n) is 2.60. The lowest BCUT2D eigenvalue weighted by atomic mass is 9.95. The standard InChI is InChI=1S/C13H17N3O3/c14-8-9-3-1-6-12(9)13(17)15-10-4-2-5-11(7-10)16(18)19/h2,4-5,7,9,12H,1,3,6,8,14H2,(H,15,17)/t9-,12-/m1/s1. The molecule has 1 amide bonds. The van der Waals surface area contributed by atoms with Crippen molar-refractivity contribution in [3.8, 4) is 0 Å². The summed E-state index contributed by atoms with van der Waals surface area (Å²) < 4.78 is 0. The SMILES string of the molecule is NC[C@H]1CCC[C@H]1C(=O)Nc1cccc([N+](=O)[O-])c1. The van der Waals surface area contributed by atoms with Crippen LogP contribution in [0.25, 0.3) is 0 Å². The third-order valence-corrected chi connectivity index (χ3v) is 3.62. The lowest BCUT2D eigenvalue weighted by Gasteiger charge is -2.17. The summed E-state index contributed by atoms with van der Waals surface area (Å²) in [7, 11) is 0. The van der Waals surface area contributed by atoms with E-state index in [1.165, 1.54) is 12.1 Å². The lowest BCUT2D eigenvalue weighted by molar-refractivity contribution is -0.384. The third kappa shape index (κ3) is 3.08. The van der Waals surface area contributed by atoms with Crippen LogP contribution < -0.4 is 11.1 Å². The van der Waals surface area contributed by atoms with Gasteiger partial charge in [0.1, 0.15) is 0 Å². The normalized spacial score (nSPS) is 22.2. The van der Waals surface area contributed by atoms with Crippen LogP contribution in [0.15, 0.2) is 24.3 Å². The summed E-state index contributed by atoms with van der Waals surface area (Å²) in [6.45, 7) is 0.507. The number of hydrogen-bond acceptors (Lipinski definition) is 4. The monoisotopic (exact) mass is 263 g/mol. The highest BCUT2D eigenvalue weighted by Gasteiger charge is 2.31. The summed E-state index contributed by atoms with van der Waals surface area (Å²) in [5, 5.41) is 13.4. The van der Waals surface area contributed by atoms with Gasteiger partial charge in [-0.2, -0.15) is 0 Å². The molecule has 3 N–H and O–H groups in total. The number of benzene rings is 1. The number of carbonyl (C=O) groups excluding carboxylic acids is 1. The summed E-state index contributed by atoms with van der Waals surface area (Å²) in [4.78, 5) is 22.3. The van der Waals surface area contributed by atoms with E-state index in [0.717, 1.165) is 19.3 Å². The van der Waals surface area contributed by atoms with Crippen molar-refractivity contribution in [2.24, 2.45) is 17.6 Å². The van der Waals surface area contributed by atoms with E-state index in [0.29, 0.717) is 12.2 Å². The van der Waals surface area contributed by atoms with E-state index in [4.69, 9.17) is 5.73 Å². The third-order valence-electron chi connectivity index (χ3n) is 3.62. The Labute approximate surface area is 111 Å². The molecule has 102 valence electrons. The molecule has 0 aromatic heterocycles. The number of nitrogens with one attached hydrogen (secondary N) is 1. The largest absolute Gasteiger partial charge is 0.330 e. The molecule has 6 nitrogen and oxygen atoms in total. The van der Waals surface area contributed by atoms with Crippen molar-refractivity contribution in [3.05, 3.63) is 34.4 Å². The summed E-state index contributed by atoms with van der Waals surface area (Å²) in [6, 6.07) is 5.97. The van der Waals surface area contributed by atoms with Gasteiger partial charge in [0.2, 0.25) is 5.91 Å². The predicted molar refractivity (Wildman–Crippen MR) is 71.6 cm³/mol. The van der Waals surface area contributed by atoms with Crippen LogP contribution in [-0.4, -0.2) is 17.4 Å². The van der Waals surface area contributed by atoms with Crippen LogP contribution >= 0.6 is 0 Å². The first-order chi connectivity index (χ1) is 9.11. The molecule has 1 saturated carbocycles. The quantitative estimate of drug-likeness (QED) is 0.640. The van der Waals surface area contributed by atoms with Crippen LogP contribution in [0.1, 0.15) is 19.3 Å². The first kappa shape index (κ1) is 13.5. The molecular weight excluding hydrogens is 246 g/mol. The van der Waals surface area contributed by atoms with Crippen LogP contribution in [-0.2, 0) is 4.79 Å². The zero-order valence-electron chi connectivity index (χ0n) is 10.5. The Bertz CT molecular complexity index is 490. The number of nitrogens with zero attached hydrogens (tertiary/aromatic N) is 1. The molecule has 0 heterocycles. The number of nitro benzene ring substituents is 1. The predicted octanol–water partition coefficient (Wildman–Crippen LogP) is 1.91. The number of hydrogen-bond donors (Lipinski definition) is 2. The molecule has 0 spiro atoms. The van der Waals surface area contributed by atoms with Gasteiger partial charge in [-0.25, -0.2) is 0 Å². The van der Waals surface area contributed by atoms with Crippen LogP contribution in [0.2, 0.25) is 0 Å². The Morgan fingerprint density at radius 1 is 1.47 bits per heavy atom. The van der Waals surface area contributed by atoms with Crippen LogP contribution in [0.3, 0.4) is 0 Å². The van der Waals surface area contributed by atoms with Crippen molar-refractivity contribution in [2.45, 2.75) is 19.3 Å². The summed E-state index contributed by atoms with van der Waals surface area (Å²) in [6.07, 6.45) is 2.82. The highest BCUT2D eigenvalue weighted by atomic mass is 16.6. The smallest absolute Gasteiger partial charge is 0.271 e. The van der Waals surface area contributed by atoms with E-state index in [1.54, 1.807) is 12.1 Å². The molecule has 2 rings (SSSR count). The number of nitro groups is 1. The van der Waals surface area contributed by atoms with Crippen LogP contribution in [0.4, 0.5) is 11.4 Å². The number of carbonyl (C=O) groups is 1. The first-order valence-corrected chi connectivity index (χ1v) is 6.37. The minimum Gasteiger partial charge on any atom is -0.330 e. The highest BCUT2D eigenvalue weighted by Crippen LogP contribution is 2.32. The van der Waals surface area contributed by atoms with Gasteiger partial charge in [0.25, 0.3) is 5.69 Å². The summed E-state index contributed by atoms with van der Waals surface area (Å²) >= 11 is 0. The minimum absolute atomic E-state index is 0.0282. The van der Waals surface area contributed by atoms with E-state index in [9.17, 15) is 14.9 Å². The van der Waals surface area contributed by atoms with E-state index in [2.05, 4.69) is 5.32 Å². The number of non-ortho nitro benzene ring substituents is 1. The maximum atomic E-state index is 12.1. The van der Waals surface area contributed by atoms with E-state index >= 15 is 0 Å². The molecule has 0 unspecified atom stereocenters. The molecule has 0 aliphatic heterocycles. The summed E-state index contributed by atoms with van der Waals surface area (Å²) in [5.41, 5.74) is 6.08. The van der Waals surface area contributed by atoms with Crippen molar-refractivity contribution in [1.82, 2.24) is 0 Å². The van der Waals surface area contributed by atoms with Crippen molar-refractivity contribution >= 4 is 17.3 Å². The van der Waals surface area contributed by atoms with E-state index in [-0.39, 0.29) is 23.4 Å². The van der Waals surface area contributed by atoms with Crippen molar-refractivity contribution in [1.29, 1.82) is 0 Å². The zero-order chi connectivity index (χ0) is 13.8. The maximum absolute atomic E-state index is 12.1. The molecule has 0 radical (unpaired) electrons. The van der Waals surface area contributed by atoms with Gasteiger partial charge in [0, 0.05) is 23.7 Å². The van der Waals surface area contributed by atoms with Crippen LogP contribution in [0, 0.1) is 22.0 Å². The minimum atomic E-state index is -0.478. The van der Waals surface area contributed by atoms with Gasteiger partial charge < -0.3 is 11.1 Å². The Morgan fingerprint density at radius 2 is 2.26 bits per heavy atom. The van der Waals surface area contributed by atoms with Gasteiger partial charge in [-0.15, -0.1) is 0 Å². The molecule has 1 aromatic carbocycles. The molecule has 19 heavy (non-hydrogen) atoms. The Morgan fingerprint density at radius 3 is 2.95 bits per heavy atom. The fourth-order valence-corrected chi connectivity index (χ4v) is 2.60. The molecule has 0 saturated heterocycles. The van der Waals surface area contributed by atoms with Gasteiger partial charge >= 0.3 is 0 Å². The molecular formula is C13H17N3O3. The molecule has 1 aromatic rings. The van der Waals surface area contributed by atoms with Crippen molar-refractivity contribution < 1.29 is 9.72 Å². The Kier molecular flexibility index (Phi) is 4.11. The van der Waals surface area contributed by atoms with E-state index < -0.39 is 4.92 Å². The molecule has 2 atom stereocenters.